The maximum atomic E-state index is 11.9. The Morgan fingerprint density at radius 3 is 2.75 bits per heavy atom. The van der Waals surface area contributed by atoms with Crippen LogP contribution in [-0.4, -0.2) is 39.2 Å². The van der Waals surface area contributed by atoms with Crippen LogP contribution in [0.2, 0.25) is 0 Å². The quantitative estimate of drug-likeness (QED) is 0.701. The monoisotopic (exact) mass is 350 g/mol. The zero-order valence-electron chi connectivity index (χ0n) is 13.3. The smallest absolute Gasteiger partial charge is 0.331 e. The highest BCUT2D eigenvalue weighted by Crippen LogP contribution is 2.17. The minimum atomic E-state index is -1.21. The molecule has 2 amide bonds. The van der Waals surface area contributed by atoms with E-state index in [1.54, 1.807) is 17.5 Å². The molecule has 0 aliphatic heterocycles. The molecule has 0 aromatic carbocycles. The van der Waals surface area contributed by atoms with Crippen molar-refractivity contribution in [2.75, 3.05) is 11.9 Å². The molecule has 8 nitrogen and oxygen atoms in total. The van der Waals surface area contributed by atoms with Crippen LogP contribution in [0, 0.1) is 0 Å². The van der Waals surface area contributed by atoms with Crippen LogP contribution in [0.3, 0.4) is 0 Å². The Kier molecular flexibility index (Phi) is 5.35. The summed E-state index contributed by atoms with van der Waals surface area (Å²) in [5, 5.41) is 20.2. The number of hydrogen-bond acceptors (Lipinski definition) is 5. The van der Waals surface area contributed by atoms with Gasteiger partial charge in [-0.25, -0.2) is 4.79 Å². The van der Waals surface area contributed by atoms with Crippen LogP contribution in [-0.2, 0) is 15.1 Å². The van der Waals surface area contributed by atoms with Gasteiger partial charge in [0.1, 0.15) is 0 Å². The molecule has 0 bridgehead atoms. The molecule has 2 rings (SSSR count). The number of aliphatic carboxylic acids is 1. The Bertz CT molecular complexity index is 737. The Hall–Kier alpha value is -2.68. The number of rotatable bonds is 7. The van der Waals surface area contributed by atoms with E-state index >= 15 is 0 Å². The van der Waals surface area contributed by atoms with Gasteiger partial charge in [-0.1, -0.05) is 6.07 Å². The Morgan fingerprint density at radius 2 is 2.12 bits per heavy atom. The van der Waals surface area contributed by atoms with Crippen LogP contribution < -0.4 is 10.6 Å². The van der Waals surface area contributed by atoms with E-state index in [1.165, 1.54) is 42.3 Å². The van der Waals surface area contributed by atoms with E-state index in [0.717, 1.165) is 0 Å². The summed E-state index contributed by atoms with van der Waals surface area (Å²) in [7, 11) is 0. The Labute approximate surface area is 142 Å². The van der Waals surface area contributed by atoms with Crippen molar-refractivity contribution in [3.8, 4) is 0 Å². The van der Waals surface area contributed by atoms with Crippen LogP contribution in [0.15, 0.2) is 29.9 Å². The third-order valence-electron chi connectivity index (χ3n) is 3.35. The number of carbonyl (C=O) groups excluding carboxylic acids is 2. The van der Waals surface area contributed by atoms with Gasteiger partial charge in [-0.2, -0.15) is 5.10 Å². The topological polar surface area (TPSA) is 113 Å². The molecule has 0 aliphatic rings. The molecule has 0 saturated heterocycles. The van der Waals surface area contributed by atoms with Crippen LogP contribution in [0.25, 0.3) is 0 Å². The first-order chi connectivity index (χ1) is 11.3. The lowest BCUT2D eigenvalue weighted by atomic mass is 10.1. The maximum absolute atomic E-state index is 11.9. The average molecular weight is 350 g/mol. The minimum Gasteiger partial charge on any atom is -0.479 e. The molecule has 0 saturated carbocycles. The van der Waals surface area contributed by atoms with E-state index in [1.807, 2.05) is 0 Å². The molecule has 0 fully saturated rings. The van der Waals surface area contributed by atoms with E-state index in [-0.39, 0.29) is 24.8 Å². The van der Waals surface area contributed by atoms with Crippen molar-refractivity contribution in [2.24, 2.45) is 0 Å². The molecule has 2 heterocycles. The van der Waals surface area contributed by atoms with Crippen molar-refractivity contribution >= 4 is 34.8 Å². The highest BCUT2D eigenvalue weighted by atomic mass is 32.1. The lowest BCUT2D eigenvalue weighted by Crippen LogP contribution is -2.35. The van der Waals surface area contributed by atoms with Gasteiger partial charge < -0.3 is 15.7 Å². The fourth-order valence-electron chi connectivity index (χ4n) is 1.80. The lowest BCUT2D eigenvalue weighted by Gasteiger charge is -2.19. The predicted molar refractivity (Wildman–Crippen MR) is 89.1 cm³/mol. The van der Waals surface area contributed by atoms with Crippen LogP contribution in [0.5, 0.6) is 0 Å². The molecule has 2 aromatic rings. The van der Waals surface area contributed by atoms with Gasteiger partial charge in [-0.15, -0.1) is 11.3 Å². The highest BCUT2D eigenvalue weighted by molar-refractivity contribution is 7.12. The van der Waals surface area contributed by atoms with E-state index in [0.29, 0.717) is 10.6 Å². The molecule has 24 heavy (non-hydrogen) atoms. The van der Waals surface area contributed by atoms with Crippen molar-refractivity contribution in [1.29, 1.82) is 0 Å². The predicted octanol–water partition coefficient (Wildman–Crippen LogP) is 1.52. The number of nitrogens with one attached hydrogen (secondary N) is 2. The summed E-state index contributed by atoms with van der Waals surface area (Å²) >= 11 is 1.33. The second kappa shape index (κ2) is 7.26. The van der Waals surface area contributed by atoms with Gasteiger partial charge in [0.15, 0.2) is 5.54 Å². The molecule has 9 heteroatoms. The number of nitrogens with zero attached hydrogens (tertiary/aromatic N) is 2. The van der Waals surface area contributed by atoms with Gasteiger partial charge >= 0.3 is 5.97 Å². The molecule has 0 radical (unpaired) electrons. The number of aromatic nitrogens is 2. The molecule has 2 aromatic heterocycles. The van der Waals surface area contributed by atoms with Crippen LogP contribution in [0.4, 0.5) is 5.69 Å². The van der Waals surface area contributed by atoms with Crippen molar-refractivity contribution in [3.63, 3.8) is 0 Å². The third-order valence-corrected chi connectivity index (χ3v) is 4.21. The van der Waals surface area contributed by atoms with Gasteiger partial charge in [-0.05, 0) is 25.3 Å². The molecular weight excluding hydrogens is 332 g/mol. The zero-order chi connectivity index (χ0) is 17.7. The average Bonchev–Trinajstić information content (AvgIpc) is 3.18. The first kappa shape index (κ1) is 17.7. The summed E-state index contributed by atoms with van der Waals surface area (Å²) in [5.41, 5.74) is -0.809. The first-order valence-electron chi connectivity index (χ1n) is 7.21. The van der Waals surface area contributed by atoms with Crippen molar-refractivity contribution in [2.45, 2.75) is 25.8 Å². The van der Waals surface area contributed by atoms with Gasteiger partial charge in [-0.3, -0.25) is 14.3 Å². The second-order valence-electron chi connectivity index (χ2n) is 5.57. The number of carboxylic acid groups (broad SMARTS) is 1. The van der Waals surface area contributed by atoms with E-state index in [9.17, 15) is 14.4 Å². The van der Waals surface area contributed by atoms with Crippen molar-refractivity contribution < 1.29 is 19.5 Å². The molecule has 0 atom stereocenters. The number of carbonyl (C=O) groups is 3. The van der Waals surface area contributed by atoms with Crippen LogP contribution >= 0.6 is 11.3 Å². The fourth-order valence-corrected chi connectivity index (χ4v) is 2.44. The molecule has 128 valence electrons. The molecule has 0 unspecified atom stereocenters. The van der Waals surface area contributed by atoms with E-state index in [2.05, 4.69) is 15.7 Å². The highest BCUT2D eigenvalue weighted by Gasteiger charge is 2.30. The van der Waals surface area contributed by atoms with E-state index in [4.69, 9.17) is 5.11 Å². The molecular formula is C15H18N4O4S. The summed E-state index contributed by atoms with van der Waals surface area (Å²) < 4.78 is 1.27. The summed E-state index contributed by atoms with van der Waals surface area (Å²) in [6.07, 6.45) is 2.94. The third kappa shape index (κ3) is 4.19. The normalized spacial score (nSPS) is 11.1. The minimum absolute atomic E-state index is 0.102. The number of thiophene rings is 1. The van der Waals surface area contributed by atoms with E-state index < -0.39 is 11.5 Å². The molecule has 3 N–H and O–H groups in total. The fraction of sp³-hybridized carbons (Fsp3) is 0.333. The summed E-state index contributed by atoms with van der Waals surface area (Å²) in [6.45, 7) is 3.22. The largest absolute Gasteiger partial charge is 0.479 e. The number of anilines is 1. The summed E-state index contributed by atoms with van der Waals surface area (Å²) in [4.78, 5) is 35.3. The van der Waals surface area contributed by atoms with Gasteiger partial charge in [0.25, 0.3) is 5.91 Å². The number of amides is 2. The Morgan fingerprint density at radius 1 is 1.38 bits per heavy atom. The van der Waals surface area contributed by atoms with Gasteiger partial charge in [0.2, 0.25) is 5.91 Å². The first-order valence-corrected chi connectivity index (χ1v) is 8.09. The molecule has 0 aliphatic carbocycles. The SMILES string of the molecule is CC(C)(C(=O)O)n1cc(NC(=O)CCNC(=O)c2cccs2)cn1. The Balaban J connectivity index is 1.82. The zero-order valence-corrected chi connectivity index (χ0v) is 14.1. The van der Waals surface area contributed by atoms with Gasteiger partial charge in [0.05, 0.1) is 16.8 Å². The van der Waals surface area contributed by atoms with Crippen LogP contribution in [0.1, 0.15) is 29.9 Å². The summed E-state index contributed by atoms with van der Waals surface area (Å²) in [6, 6.07) is 3.49. The van der Waals surface area contributed by atoms with Gasteiger partial charge in [0, 0.05) is 19.2 Å². The molecule has 0 spiro atoms. The second-order valence-corrected chi connectivity index (χ2v) is 6.52. The summed E-state index contributed by atoms with van der Waals surface area (Å²) in [5.74, 6) is -1.54. The number of hydrogen-bond donors (Lipinski definition) is 3. The standard InChI is InChI=1S/C15H18N4O4S/c1-15(2,14(22)23)19-9-10(8-17-19)18-12(20)5-6-16-13(21)11-4-3-7-24-11/h3-4,7-9H,5-6H2,1-2H3,(H,16,21)(H,18,20)(H,22,23). The maximum Gasteiger partial charge on any atom is 0.331 e. The van der Waals surface area contributed by atoms with Crippen molar-refractivity contribution in [1.82, 2.24) is 15.1 Å². The number of carboxylic acids is 1. The van der Waals surface area contributed by atoms with Crippen molar-refractivity contribution in [3.05, 3.63) is 34.8 Å². The lowest BCUT2D eigenvalue weighted by molar-refractivity contribution is -0.146.